The van der Waals surface area contributed by atoms with Crippen molar-refractivity contribution in [2.24, 2.45) is 0 Å². The van der Waals surface area contributed by atoms with E-state index in [-0.39, 0.29) is 23.6 Å². The van der Waals surface area contributed by atoms with Gasteiger partial charge in [-0.1, -0.05) is 37.9 Å². The molecular weight excluding hydrogens is 459 g/mol. The van der Waals surface area contributed by atoms with Gasteiger partial charge in [0.05, 0.1) is 11.4 Å². The summed E-state index contributed by atoms with van der Waals surface area (Å²) in [6.07, 6.45) is 0. The van der Waals surface area contributed by atoms with Crippen LogP contribution < -0.4 is 9.80 Å². The fourth-order valence-electron chi connectivity index (χ4n) is 4.75. The number of hydrogen-bond donors (Lipinski definition) is 0. The molecule has 3 aromatic carbocycles. The van der Waals surface area contributed by atoms with Crippen LogP contribution in [0.15, 0.2) is 54.6 Å². The van der Waals surface area contributed by atoms with Crippen LogP contribution in [0.2, 0.25) is 0 Å². The van der Waals surface area contributed by atoms with Crippen molar-refractivity contribution in [2.75, 3.05) is 9.80 Å². The van der Waals surface area contributed by atoms with Crippen molar-refractivity contribution in [3.05, 3.63) is 65.7 Å². The van der Waals surface area contributed by atoms with Crippen LogP contribution in [-0.2, 0) is 19.2 Å². The van der Waals surface area contributed by atoms with Gasteiger partial charge in [0.2, 0.25) is 23.6 Å². The molecule has 0 aliphatic rings. The van der Waals surface area contributed by atoms with Crippen LogP contribution in [0, 0.1) is 13.8 Å². The summed E-state index contributed by atoms with van der Waals surface area (Å²) in [5, 5.41) is 5.20. The van der Waals surface area contributed by atoms with E-state index < -0.39 is 7.53 Å². The molecule has 0 aliphatic heterocycles. The van der Waals surface area contributed by atoms with E-state index >= 15 is 0 Å². The predicted molar refractivity (Wildman–Crippen MR) is 143 cm³/mol. The average Bonchev–Trinajstić information content (AvgIpc) is 3.05. The summed E-state index contributed by atoms with van der Waals surface area (Å²) < 4.78 is 0. The molecule has 4 amide bonds. The second kappa shape index (κ2) is 9.12. The van der Waals surface area contributed by atoms with Crippen molar-refractivity contribution < 1.29 is 19.2 Å². The maximum absolute atomic E-state index is 12.3. The zero-order chi connectivity index (χ0) is 25.6. The predicted octanol–water partition coefficient (Wildman–Crippen LogP) is 6.38. The molecule has 35 heavy (non-hydrogen) atoms. The Morgan fingerprint density at radius 1 is 0.600 bits per heavy atom. The standard InChI is InChI=1S/C28H27N2O4P/c1-16-12-27-23(14-25(16)29(18(3)31)19(4)32)24-15-26(30(20(5)33)21(6)34)17(2)13-28(24)35(27)22-10-8-7-9-11-22/h7-15H,1-6H3. The molecule has 4 aromatic rings. The van der Waals surface area contributed by atoms with Gasteiger partial charge >= 0.3 is 0 Å². The summed E-state index contributed by atoms with van der Waals surface area (Å²) in [5.41, 5.74) is 2.74. The Hall–Kier alpha value is -3.76. The summed E-state index contributed by atoms with van der Waals surface area (Å²) >= 11 is 0. The lowest BCUT2D eigenvalue weighted by molar-refractivity contribution is -0.125. The molecule has 0 bridgehead atoms. The van der Waals surface area contributed by atoms with Crippen molar-refractivity contribution in [1.29, 1.82) is 0 Å². The Morgan fingerprint density at radius 3 is 1.31 bits per heavy atom. The monoisotopic (exact) mass is 486 g/mol. The van der Waals surface area contributed by atoms with E-state index in [2.05, 4.69) is 24.3 Å². The molecule has 0 spiro atoms. The van der Waals surface area contributed by atoms with Crippen LogP contribution in [-0.4, -0.2) is 23.6 Å². The minimum absolute atomic E-state index is 0.354. The van der Waals surface area contributed by atoms with Gasteiger partial charge in [-0.25, -0.2) is 0 Å². The third-order valence-corrected chi connectivity index (χ3v) is 8.67. The van der Waals surface area contributed by atoms with E-state index in [1.54, 1.807) is 0 Å². The van der Waals surface area contributed by atoms with Gasteiger partial charge in [-0.3, -0.25) is 29.0 Å². The van der Waals surface area contributed by atoms with E-state index in [9.17, 15) is 19.2 Å². The SMILES string of the molecule is CC(=O)N(C(C)=O)c1cc2c3cc(N(C(C)=O)C(C)=O)c(C)cc3p(-c3ccccc3)c2cc1C. The molecule has 178 valence electrons. The van der Waals surface area contributed by atoms with Crippen LogP contribution >= 0.6 is 7.53 Å². The highest BCUT2D eigenvalue weighted by atomic mass is 31.1. The minimum Gasteiger partial charge on any atom is -0.274 e. The molecule has 0 fully saturated rings. The summed E-state index contributed by atoms with van der Waals surface area (Å²) in [7, 11) is -0.906. The quantitative estimate of drug-likeness (QED) is 0.337. The number of benzene rings is 3. The topological polar surface area (TPSA) is 74.8 Å². The molecule has 1 heterocycles. The molecule has 0 unspecified atom stereocenters. The van der Waals surface area contributed by atoms with Gasteiger partial charge in [0, 0.05) is 37.9 Å². The van der Waals surface area contributed by atoms with Gasteiger partial charge in [0.25, 0.3) is 0 Å². The number of rotatable bonds is 3. The molecule has 0 saturated carbocycles. The number of carbonyl (C=O) groups is 4. The number of anilines is 2. The molecule has 4 rings (SSSR count). The lowest BCUT2D eigenvalue weighted by Crippen LogP contribution is -2.33. The molecule has 0 atom stereocenters. The Morgan fingerprint density at radius 2 is 0.971 bits per heavy atom. The van der Waals surface area contributed by atoms with E-state index in [1.165, 1.54) is 42.8 Å². The lowest BCUT2D eigenvalue weighted by Gasteiger charge is -2.20. The van der Waals surface area contributed by atoms with Crippen LogP contribution in [0.4, 0.5) is 11.4 Å². The number of nitrogens with zero attached hydrogens (tertiary/aromatic N) is 2. The average molecular weight is 487 g/mol. The number of amides is 4. The van der Waals surface area contributed by atoms with E-state index in [0.717, 1.165) is 32.1 Å². The van der Waals surface area contributed by atoms with Gasteiger partial charge in [-0.05, 0) is 65.3 Å². The molecular formula is C28H27N2O4P. The van der Waals surface area contributed by atoms with Gasteiger partial charge < -0.3 is 0 Å². The molecule has 6 nitrogen and oxygen atoms in total. The van der Waals surface area contributed by atoms with Crippen LogP contribution in [0.1, 0.15) is 38.8 Å². The first-order chi connectivity index (χ1) is 16.5. The van der Waals surface area contributed by atoms with Crippen LogP contribution in [0.25, 0.3) is 26.3 Å². The lowest BCUT2D eigenvalue weighted by atomic mass is 10.0. The van der Waals surface area contributed by atoms with Gasteiger partial charge in [0.15, 0.2) is 0 Å². The third-order valence-electron chi connectivity index (χ3n) is 6.16. The molecule has 0 N–H and O–H groups in total. The van der Waals surface area contributed by atoms with Crippen LogP contribution in [0.3, 0.4) is 0 Å². The first-order valence-corrected chi connectivity index (χ1v) is 12.6. The van der Waals surface area contributed by atoms with Gasteiger partial charge in [0.1, 0.15) is 0 Å². The van der Waals surface area contributed by atoms with E-state index in [4.69, 9.17) is 0 Å². The van der Waals surface area contributed by atoms with Crippen molar-refractivity contribution in [1.82, 2.24) is 0 Å². The summed E-state index contributed by atoms with van der Waals surface area (Å²) in [5.74, 6) is -1.41. The normalized spacial score (nSPS) is 11.0. The fourth-order valence-corrected chi connectivity index (χ4v) is 7.54. The van der Waals surface area contributed by atoms with Crippen molar-refractivity contribution in [2.45, 2.75) is 41.5 Å². The minimum atomic E-state index is -0.906. The summed E-state index contributed by atoms with van der Waals surface area (Å²) in [6.45, 7) is 9.30. The Labute approximate surface area is 205 Å². The van der Waals surface area contributed by atoms with E-state index in [1.807, 2.05) is 44.2 Å². The Bertz CT molecular complexity index is 1410. The fraction of sp³-hybridized carbons (Fsp3) is 0.214. The second-order valence-electron chi connectivity index (χ2n) is 8.73. The number of carbonyl (C=O) groups excluding carboxylic acids is 4. The maximum Gasteiger partial charge on any atom is 0.230 e. The number of hydrogen-bond acceptors (Lipinski definition) is 4. The first kappa shape index (κ1) is 24.4. The zero-order valence-electron chi connectivity index (χ0n) is 20.7. The van der Waals surface area contributed by atoms with Crippen molar-refractivity contribution in [3.8, 4) is 5.30 Å². The highest BCUT2D eigenvalue weighted by molar-refractivity contribution is 7.67. The highest BCUT2D eigenvalue weighted by Crippen LogP contribution is 2.57. The number of imide groups is 2. The molecule has 7 heteroatoms. The second-order valence-corrected chi connectivity index (χ2v) is 10.9. The number of aryl methyl sites for hydroxylation is 2. The highest BCUT2D eigenvalue weighted by Gasteiger charge is 2.24. The van der Waals surface area contributed by atoms with Gasteiger partial charge in [-0.2, -0.15) is 0 Å². The largest absolute Gasteiger partial charge is 0.274 e. The number of fused-ring (bicyclic) bond motifs is 3. The Kier molecular flexibility index (Phi) is 6.35. The molecule has 0 radical (unpaired) electrons. The van der Waals surface area contributed by atoms with E-state index in [0.29, 0.717) is 11.4 Å². The summed E-state index contributed by atoms with van der Waals surface area (Å²) in [4.78, 5) is 51.7. The van der Waals surface area contributed by atoms with Crippen molar-refractivity contribution in [3.63, 3.8) is 0 Å². The zero-order valence-corrected chi connectivity index (χ0v) is 21.6. The van der Waals surface area contributed by atoms with Gasteiger partial charge in [-0.15, -0.1) is 0 Å². The maximum atomic E-state index is 12.3. The molecule has 0 saturated heterocycles. The third kappa shape index (κ3) is 4.15. The summed E-state index contributed by atoms with van der Waals surface area (Å²) in [6, 6.07) is 18.1. The molecule has 1 aromatic heterocycles. The smallest absolute Gasteiger partial charge is 0.230 e. The first-order valence-electron chi connectivity index (χ1n) is 11.3. The van der Waals surface area contributed by atoms with Crippen molar-refractivity contribution >= 4 is 63.5 Å². The Balaban J connectivity index is 2.17. The molecule has 0 aliphatic carbocycles. The van der Waals surface area contributed by atoms with Crippen LogP contribution in [0.5, 0.6) is 0 Å².